The van der Waals surface area contributed by atoms with Crippen LogP contribution >= 0.6 is 0 Å². The van der Waals surface area contributed by atoms with Gasteiger partial charge in [-0.3, -0.25) is 0 Å². The molecular formula is C52H62F4N2Ti. The number of unbranched alkanes of at least 4 members (excludes halogenated alkanes) is 2. The summed E-state index contributed by atoms with van der Waals surface area (Å²) in [4.78, 5) is 0. The number of halogens is 4. The number of hydrogen-bond donors (Lipinski definition) is 2. The molecule has 0 radical (unpaired) electrons. The van der Waals surface area contributed by atoms with E-state index in [1.54, 1.807) is 0 Å². The third-order valence-electron chi connectivity index (χ3n) is 12.7. The van der Waals surface area contributed by atoms with E-state index in [0.29, 0.717) is 45.5 Å². The van der Waals surface area contributed by atoms with E-state index in [4.69, 9.17) is 0 Å². The van der Waals surface area contributed by atoms with Gasteiger partial charge in [-0.15, -0.1) is 0 Å². The zero-order chi connectivity index (χ0) is 41.8. The van der Waals surface area contributed by atoms with Crippen molar-refractivity contribution in [3.63, 3.8) is 0 Å². The fraction of sp³-hybridized carbons (Fsp3) is 0.385. The molecule has 59 heavy (non-hydrogen) atoms. The molecule has 0 aliphatic heterocycles. The summed E-state index contributed by atoms with van der Waals surface area (Å²) in [6.45, 7) is 9.54. The van der Waals surface area contributed by atoms with Gasteiger partial charge in [0.2, 0.25) is 0 Å². The maximum atomic E-state index is 17.6. The second-order valence-electron chi connectivity index (χ2n) is 16.5. The summed E-state index contributed by atoms with van der Waals surface area (Å²) in [5.41, 5.74) is 4.76. The van der Waals surface area contributed by atoms with Crippen molar-refractivity contribution in [3.8, 4) is 0 Å². The van der Waals surface area contributed by atoms with Crippen LogP contribution in [0.5, 0.6) is 0 Å². The molecule has 2 aliphatic rings. The Morgan fingerprint density at radius 3 is 1.31 bits per heavy atom. The van der Waals surface area contributed by atoms with Gasteiger partial charge in [0.1, 0.15) is 0 Å². The molecule has 2 aliphatic carbocycles. The van der Waals surface area contributed by atoms with Gasteiger partial charge in [-0.2, -0.15) is 0 Å². The summed E-state index contributed by atoms with van der Waals surface area (Å²) in [7, 11) is 0. The monoisotopic (exact) mass is 838 g/mol. The number of benzene rings is 4. The molecular weight excluding hydrogens is 776 g/mol. The van der Waals surface area contributed by atoms with Crippen LogP contribution in [-0.2, 0) is 42.5 Å². The zero-order valence-corrected chi connectivity index (χ0v) is 37.0. The van der Waals surface area contributed by atoms with Crippen LogP contribution in [0.4, 0.5) is 28.9 Å². The fourth-order valence-electron chi connectivity index (χ4n) is 9.24. The molecule has 7 heteroatoms. The van der Waals surface area contributed by atoms with Crippen molar-refractivity contribution in [1.82, 2.24) is 0 Å². The van der Waals surface area contributed by atoms with Gasteiger partial charge >= 0.3 is 342 Å². The Balaban J connectivity index is 1.41. The molecule has 0 aromatic heterocycles. The summed E-state index contributed by atoms with van der Waals surface area (Å²) in [5, 5.41) is 6.62. The molecule has 2 atom stereocenters. The number of hydrogen-bond acceptors (Lipinski definition) is 2. The molecule has 2 unspecified atom stereocenters. The number of anilines is 2. The Bertz CT molecular complexity index is 2010. The van der Waals surface area contributed by atoms with Crippen LogP contribution < -0.4 is 18.4 Å². The SMILES string of the molecule is CCCCC(CC)Cc1ccccc1CNc1ccc(F)[c]([Ti]([C]2=CC=CC2)([C]2=CC=CC2)[c]2c(F)ccc(NCc3ccccc3CC(CC)CCCC)c2F)c1F. The van der Waals surface area contributed by atoms with Gasteiger partial charge in [0.15, 0.2) is 0 Å². The van der Waals surface area contributed by atoms with Crippen molar-refractivity contribution in [2.24, 2.45) is 11.8 Å². The quantitative estimate of drug-likeness (QED) is 0.0609. The van der Waals surface area contributed by atoms with Crippen LogP contribution in [0.3, 0.4) is 0 Å². The van der Waals surface area contributed by atoms with E-state index in [9.17, 15) is 0 Å². The molecule has 2 nitrogen and oxygen atoms in total. The van der Waals surface area contributed by atoms with Gasteiger partial charge in [-0.25, -0.2) is 0 Å². The average Bonchev–Trinajstić information content (AvgIpc) is 4.00. The van der Waals surface area contributed by atoms with Gasteiger partial charge in [0.25, 0.3) is 0 Å². The first kappa shape index (κ1) is 44.4. The second kappa shape index (κ2) is 21.4. The molecule has 4 aromatic carbocycles. The summed E-state index contributed by atoms with van der Waals surface area (Å²) < 4.78 is 69.9. The molecule has 0 saturated heterocycles. The molecule has 2 N–H and O–H groups in total. The first-order valence-electron chi connectivity index (χ1n) is 22.1. The zero-order valence-electron chi connectivity index (χ0n) is 35.5. The van der Waals surface area contributed by atoms with Crippen molar-refractivity contribution in [3.05, 3.63) is 163 Å². The first-order valence-corrected chi connectivity index (χ1v) is 25.2. The van der Waals surface area contributed by atoms with E-state index in [1.165, 1.54) is 48.2 Å². The maximum absolute atomic E-state index is 17.6. The van der Waals surface area contributed by atoms with Crippen LogP contribution in [0.2, 0.25) is 0 Å². The van der Waals surface area contributed by atoms with Crippen LogP contribution in [0.15, 0.2) is 117 Å². The van der Waals surface area contributed by atoms with E-state index in [0.717, 1.165) is 62.5 Å². The predicted octanol–water partition coefficient (Wildman–Crippen LogP) is 13.8. The predicted molar refractivity (Wildman–Crippen MR) is 237 cm³/mol. The number of rotatable bonds is 22. The Kier molecular flexibility index (Phi) is 16.1. The normalized spacial score (nSPS) is 14.7. The molecule has 0 heterocycles. The molecule has 0 saturated carbocycles. The van der Waals surface area contributed by atoms with E-state index in [2.05, 4.69) is 62.6 Å². The van der Waals surface area contributed by atoms with Crippen molar-refractivity contribution in [2.45, 2.75) is 118 Å². The van der Waals surface area contributed by atoms with E-state index in [1.807, 2.05) is 60.7 Å². The van der Waals surface area contributed by atoms with Gasteiger partial charge in [0, 0.05) is 0 Å². The van der Waals surface area contributed by atoms with Gasteiger partial charge in [-0.05, 0) is 0 Å². The van der Waals surface area contributed by atoms with Gasteiger partial charge < -0.3 is 0 Å². The van der Waals surface area contributed by atoms with E-state index in [-0.39, 0.29) is 19.1 Å². The standard InChI is InChI=1S/2C21H26F2N.2C5H5.Ti/c2*1-3-5-8-16(4-2)13-17-9-6-7-10-18(17)15-24-21-12-11-19(22)14-20(21)23;2*1-2-4-5-3-1;/h2*6-7,9-12,16,24H,3-5,8,13,15H2,1-2H3;2*1-3H,4H2;. The summed E-state index contributed by atoms with van der Waals surface area (Å²) in [5.74, 6) is -2.02. The number of allylic oxidation sites excluding steroid dienone is 8. The second-order valence-corrected chi connectivity index (χ2v) is 22.4. The molecule has 6 rings (SSSR count). The Labute approximate surface area is 354 Å². The minimum absolute atomic E-state index is 0.123. The van der Waals surface area contributed by atoms with E-state index < -0.39 is 39.9 Å². The van der Waals surface area contributed by atoms with Gasteiger partial charge in [-0.1, -0.05) is 13.8 Å². The van der Waals surface area contributed by atoms with Crippen LogP contribution in [0, 0.1) is 35.1 Å². The topological polar surface area (TPSA) is 24.1 Å². The van der Waals surface area contributed by atoms with Crippen molar-refractivity contribution >= 4 is 19.1 Å². The van der Waals surface area contributed by atoms with Crippen molar-refractivity contribution in [1.29, 1.82) is 0 Å². The molecule has 0 bridgehead atoms. The van der Waals surface area contributed by atoms with Gasteiger partial charge in [0.05, 0.1) is 0 Å². The van der Waals surface area contributed by atoms with E-state index >= 15 is 17.6 Å². The molecule has 0 fully saturated rings. The molecule has 0 spiro atoms. The fourth-order valence-corrected chi connectivity index (χ4v) is 17.5. The minimum atomic E-state index is -5.03. The number of nitrogens with one attached hydrogen (secondary N) is 2. The third-order valence-corrected chi connectivity index (χ3v) is 20.7. The van der Waals surface area contributed by atoms with Crippen LogP contribution in [-0.4, -0.2) is 0 Å². The Morgan fingerprint density at radius 1 is 0.542 bits per heavy atom. The van der Waals surface area contributed by atoms with Crippen LogP contribution in [0.25, 0.3) is 0 Å². The average molecular weight is 839 g/mol. The third kappa shape index (κ3) is 10.1. The summed E-state index contributed by atoms with van der Waals surface area (Å²) in [6, 6.07) is 21.8. The van der Waals surface area contributed by atoms with Crippen molar-refractivity contribution < 1.29 is 34.2 Å². The van der Waals surface area contributed by atoms with Crippen molar-refractivity contribution in [2.75, 3.05) is 10.6 Å². The molecule has 4 aromatic rings. The first-order chi connectivity index (χ1) is 28.8. The van der Waals surface area contributed by atoms with Crippen LogP contribution in [0.1, 0.15) is 114 Å². The Hall–Kier alpha value is -4.13. The molecule has 312 valence electrons. The summed E-state index contributed by atoms with van der Waals surface area (Å²) in [6.07, 6.45) is 22.9. The summed E-state index contributed by atoms with van der Waals surface area (Å²) >= 11 is -5.03. The molecule has 0 amide bonds. The Morgan fingerprint density at radius 2 is 0.949 bits per heavy atom.